The van der Waals surface area contributed by atoms with Gasteiger partial charge >= 0.3 is 24.3 Å². The first-order valence-electron chi connectivity index (χ1n) is 19.4. The summed E-state index contributed by atoms with van der Waals surface area (Å²) in [6, 6.07) is 22.7. The molecule has 4 heterocycles. The fourth-order valence-electron chi connectivity index (χ4n) is 6.91. The zero-order valence-electron chi connectivity index (χ0n) is 34.5. The van der Waals surface area contributed by atoms with Crippen molar-refractivity contribution in [2.75, 3.05) is 0 Å². The van der Waals surface area contributed by atoms with Gasteiger partial charge in [0.1, 0.15) is 47.8 Å². The topological polar surface area (TPSA) is 129 Å². The van der Waals surface area contributed by atoms with E-state index in [2.05, 4.69) is 9.97 Å². The Kier molecular flexibility index (Phi) is 12.9. The molecule has 4 aromatic heterocycles. The summed E-state index contributed by atoms with van der Waals surface area (Å²) in [4.78, 5) is 32.8. The molecule has 0 atom stereocenters. The Balaban J connectivity index is 0.000000191. The third kappa shape index (κ3) is 10.4. The maximum Gasteiger partial charge on any atom is 0.416 e. The molecular formula is C46H38F6N4O6S2. The number of benzene rings is 4. The Morgan fingerprint density at radius 2 is 1.09 bits per heavy atom. The first-order valence-corrected chi connectivity index (χ1v) is 21.0. The molecule has 8 rings (SSSR count). The van der Waals surface area contributed by atoms with Crippen LogP contribution in [0.25, 0.3) is 42.9 Å². The summed E-state index contributed by atoms with van der Waals surface area (Å²) in [6.07, 6.45) is -6.94. The van der Waals surface area contributed by atoms with Gasteiger partial charge in [0.25, 0.3) is 0 Å². The van der Waals surface area contributed by atoms with Crippen molar-refractivity contribution in [3.05, 3.63) is 141 Å². The predicted octanol–water partition coefficient (Wildman–Crippen LogP) is 12.1. The van der Waals surface area contributed by atoms with Crippen molar-refractivity contribution in [3.8, 4) is 32.6 Å². The number of hydrogen-bond acceptors (Lipinski definition) is 8. The zero-order chi connectivity index (χ0) is 46.1. The van der Waals surface area contributed by atoms with Crippen LogP contribution in [0, 0.1) is 27.7 Å². The molecule has 18 heteroatoms. The lowest BCUT2D eigenvalue weighted by atomic mass is 10.1. The number of nitrogens with zero attached hydrogens (tertiary/aromatic N) is 4. The molecule has 8 aromatic rings. The molecule has 2 N–H and O–H groups in total. The highest BCUT2D eigenvalue weighted by Crippen LogP contribution is 2.36. The highest BCUT2D eigenvalue weighted by molar-refractivity contribution is 7.15. The Morgan fingerprint density at radius 3 is 1.56 bits per heavy atom. The first-order chi connectivity index (χ1) is 30.2. The fraction of sp³-hybridized carbons (Fsp3) is 0.217. The summed E-state index contributed by atoms with van der Waals surface area (Å²) >= 11 is 2.75. The number of aryl methyl sites for hydroxylation is 4. The number of hydrogen-bond donors (Lipinski definition) is 2. The van der Waals surface area contributed by atoms with E-state index >= 15 is 0 Å². The van der Waals surface area contributed by atoms with E-state index in [1.165, 1.54) is 46.9 Å². The van der Waals surface area contributed by atoms with Crippen LogP contribution in [0.2, 0.25) is 0 Å². The molecule has 0 bridgehead atoms. The number of fused-ring (bicyclic) bond motifs is 2. The highest BCUT2D eigenvalue weighted by atomic mass is 32.1. The molecule has 0 amide bonds. The summed E-state index contributed by atoms with van der Waals surface area (Å²) in [5, 5.41) is 21.2. The van der Waals surface area contributed by atoms with Crippen LogP contribution < -0.4 is 9.47 Å². The molecule has 0 aliphatic rings. The average molecular weight is 921 g/mol. The Hall–Kier alpha value is -6.66. The van der Waals surface area contributed by atoms with Crippen LogP contribution in [-0.2, 0) is 48.2 Å². The molecule has 64 heavy (non-hydrogen) atoms. The summed E-state index contributed by atoms with van der Waals surface area (Å²) in [6.45, 7) is 7.75. The molecule has 0 spiro atoms. The van der Waals surface area contributed by atoms with Gasteiger partial charge in [-0.15, -0.1) is 22.7 Å². The van der Waals surface area contributed by atoms with E-state index in [0.717, 1.165) is 78.5 Å². The number of thiazole rings is 2. The maximum atomic E-state index is 12.8. The molecule has 10 nitrogen and oxygen atoms in total. The monoisotopic (exact) mass is 920 g/mol. The van der Waals surface area contributed by atoms with Gasteiger partial charge in [-0.05, 0) is 100.0 Å². The molecule has 0 aliphatic carbocycles. The average Bonchev–Trinajstić information content (AvgIpc) is 3.97. The lowest BCUT2D eigenvalue weighted by Gasteiger charge is -2.07. The van der Waals surface area contributed by atoms with Crippen LogP contribution in [0.1, 0.15) is 43.5 Å². The number of alkyl halides is 6. The first kappa shape index (κ1) is 45.4. The minimum absolute atomic E-state index is 0.109. The number of aliphatic carboxylic acids is 2. The predicted molar refractivity (Wildman–Crippen MR) is 232 cm³/mol. The largest absolute Gasteiger partial charge is 0.488 e. The molecular weight excluding hydrogens is 883 g/mol. The third-order valence-corrected chi connectivity index (χ3v) is 12.5. The second kappa shape index (κ2) is 18.2. The number of carboxylic acids is 2. The van der Waals surface area contributed by atoms with Gasteiger partial charge in [0.15, 0.2) is 0 Å². The van der Waals surface area contributed by atoms with Gasteiger partial charge in [0, 0.05) is 44.8 Å². The molecule has 0 saturated heterocycles. The molecule has 0 radical (unpaired) electrons. The standard InChI is InChI=1S/2C23H19F3N2O3S/c1-13-10-28(11-21(29)30)19-8-7-17(9-18(13)19)31-12-20-14(2)27-22(32-20)15-3-5-16(6-4-15)23(24,25)26;1-13-9-16-10-18(7-8-19(16)28(13)11-21(29)30)31-12-20-14(2)27-22(32-20)15-3-5-17(6-4-15)23(24,25)26/h2*3-10H,11-12H2,1-2H3,(H,29,30). The molecule has 332 valence electrons. The van der Waals surface area contributed by atoms with Crippen LogP contribution >= 0.6 is 22.7 Å². The van der Waals surface area contributed by atoms with Gasteiger partial charge in [-0.2, -0.15) is 26.3 Å². The van der Waals surface area contributed by atoms with Crippen LogP contribution in [-0.4, -0.2) is 41.3 Å². The van der Waals surface area contributed by atoms with Crippen LogP contribution in [0.5, 0.6) is 11.5 Å². The summed E-state index contributed by atoms with van der Waals surface area (Å²) in [5.74, 6) is -0.548. The van der Waals surface area contributed by atoms with Gasteiger partial charge in [0.05, 0.1) is 32.3 Å². The van der Waals surface area contributed by atoms with Crippen molar-refractivity contribution in [1.29, 1.82) is 0 Å². The van der Waals surface area contributed by atoms with Crippen molar-refractivity contribution >= 4 is 56.4 Å². The minimum atomic E-state index is -4.37. The Labute approximate surface area is 369 Å². The smallest absolute Gasteiger partial charge is 0.416 e. The number of aromatic nitrogens is 4. The Bertz CT molecular complexity index is 2980. The molecule has 0 unspecified atom stereocenters. The van der Waals surface area contributed by atoms with Crippen LogP contribution in [0.4, 0.5) is 26.3 Å². The normalized spacial score (nSPS) is 11.8. The van der Waals surface area contributed by atoms with Gasteiger partial charge in [-0.1, -0.05) is 24.3 Å². The molecule has 0 fully saturated rings. The van der Waals surface area contributed by atoms with Crippen molar-refractivity contribution in [1.82, 2.24) is 19.1 Å². The number of rotatable bonds is 12. The number of halogens is 6. The lowest BCUT2D eigenvalue weighted by molar-refractivity contribution is -0.138. The summed E-state index contributed by atoms with van der Waals surface area (Å²) in [5.41, 5.74) is 4.80. The lowest BCUT2D eigenvalue weighted by Crippen LogP contribution is -2.09. The van der Waals surface area contributed by atoms with Crippen molar-refractivity contribution in [2.24, 2.45) is 0 Å². The van der Waals surface area contributed by atoms with E-state index < -0.39 is 35.4 Å². The quantitative estimate of drug-likeness (QED) is 0.116. The van der Waals surface area contributed by atoms with Gasteiger partial charge in [-0.3, -0.25) is 9.59 Å². The zero-order valence-corrected chi connectivity index (χ0v) is 36.1. The second-order valence-electron chi connectivity index (χ2n) is 14.8. The maximum absolute atomic E-state index is 12.8. The van der Waals surface area contributed by atoms with E-state index in [4.69, 9.17) is 19.7 Å². The molecule has 0 saturated carbocycles. The van der Waals surface area contributed by atoms with E-state index in [1.54, 1.807) is 27.5 Å². The van der Waals surface area contributed by atoms with Crippen LogP contribution in [0.15, 0.2) is 97.2 Å². The van der Waals surface area contributed by atoms with Gasteiger partial charge in [-0.25, -0.2) is 9.97 Å². The highest BCUT2D eigenvalue weighted by Gasteiger charge is 2.31. The number of carboxylic acid groups (broad SMARTS) is 2. The van der Waals surface area contributed by atoms with Crippen molar-refractivity contribution < 1.29 is 55.6 Å². The SMILES string of the molecule is Cc1nc(-c2ccc(C(F)(F)F)cc2)sc1COc1ccc2c(c1)c(C)cn2CC(=O)O.Cc1nc(-c2ccc(C(F)(F)F)cc2)sc1COc1ccc2c(c1)cc(C)n2CC(=O)O. The molecule has 0 aliphatic heterocycles. The third-order valence-electron chi connectivity index (χ3n) is 10.2. The van der Waals surface area contributed by atoms with E-state index in [-0.39, 0.29) is 26.3 Å². The van der Waals surface area contributed by atoms with Gasteiger partial charge < -0.3 is 28.8 Å². The fourth-order valence-corrected chi connectivity index (χ4v) is 8.88. The van der Waals surface area contributed by atoms with Crippen LogP contribution in [0.3, 0.4) is 0 Å². The molecule has 4 aromatic carbocycles. The Morgan fingerprint density at radius 1 is 0.625 bits per heavy atom. The number of ether oxygens (including phenoxy) is 2. The van der Waals surface area contributed by atoms with Gasteiger partial charge in [0.2, 0.25) is 0 Å². The van der Waals surface area contributed by atoms with E-state index in [9.17, 15) is 35.9 Å². The van der Waals surface area contributed by atoms with Crippen molar-refractivity contribution in [3.63, 3.8) is 0 Å². The minimum Gasteiger partial charge on any atom is -0.488 e. The second-order valence-corrected chi connectivity index (χ2v) is 16.9. The number of carbonyl (C=O) groups is 2. The van der Waals surface area contributed by atoms with E-state index in [1.807, 2.05) is 58.0 Å². The summed E-state index contributed by atoms with van der Waals surface area (Å²) < 4.78 is 91.9. The summed E-state index contributed by atoms with van der Waals surface area (Å²) in [7, 11) is 0. The van der Waals surface area contributed by atoms with E-state index in [0.29, 0.717) is 32.6 Å². The van der Waals surface area contributed by atoms with Crippen molar-refractivity contribution in [2.45, 2.75) is 66.4 Å².